The first-order valence-electron chi connectivity index (χ1n) is 6.64. The Balaban J connectivity index is 2.64. The van der Waals surface area contributed by atoms with E-state index >= 15 is 0 Å². The Morgan fingerprint density at radius 1 is 1.33 bits per heavy atom. The molecular weight excluding hydrogens is 241 g/mol. The summed E-state index contributed by atoms with van der Waals surface area (Å²) in [6.07, 6.45) is 2.43. The Morgan fingerprint density at radius 3 is 2.56 bits per heavy atom. The summed E-state index contributed by atoms with van der Waals surface area (Å²) in [5.74, 6) is 3.87. The number of allylic oxidation sites excluding steroid dienone is 1. The lowest BCUT2D eigenvalue weighted by Crippen LogP contribution is -2.48. The summed E-state index contributed by atoms with van der Waals surface area (Å²) < 4.78 is 39.0. The SMILES string of the molecule is C=CCCCC(NN)C1CCCCC1C(F)(F)F. The molecule has 0 aromatic carbocycles. The lowest BCUT2D eigenvalue weighted by Gasteiger charge is -2.37. The molecule has 5 heteroatoms. The molecule has 0 spiro atoms. The summed E-state index contributed by atoms with van der Waals surface area (Å²) in [5.41, 5.74) is 2.60. The molecule has 0 aromatic heterocycles. The zero-order valence-corrected chi connectivity index (χ0v) is 10.7. The first kappa shape index (κ1) is 15.5. The maximum Gasteiger partial charge on any atom is 0.392 e. The molecule has 1 saturated carbocycles. The van der Waals surface area contributed by atoms with Gasteiger partial charge in [0.1, 0.15) is 0 Å². The standard InChI is InChI=1S/C13H23F3N2/c1-2-3-4-9-12(18-17)10-7-5-6-8-11(10)13(14,15)16/h2,10-12,18H,1,3-9,17H2. The number of unbranched alkanes of at least 4 members (excludes halogenated alkanes) is 1. The average Bonchev–Trinajstić information content (AvgIpc) is 2.34. The summed E-state index contributed by atoms with van der Waals surface area (Å²) in [6.45, 7) is 3.62. The van der Waals surface area contributed by atoms with Crippen LogP contribution in [0, 0.1) is 11.8 Å². The van der Waals surface area contributed by atoms with Crippen LogP contribution in [0.1, 0.15) is 44.9 Å². The molecule has 0 amide bonds. The topological polar surface area (TPSA) is 38.0 Å². The quantitative estimate of drug-likeness (QED) is 0.333. The van der Waals surface area contributed by atoms with Crippen molar-refractivity contribution in [3.05, 3.63) is 12.7 Å². The van der Waals surface area contributed by atoms with E-state index in [9.17, 15) is 13.2 Å². The zero-order chi connectivity index (χ0) is 13.6. The molecule has 0 radical (unpaired) electrons. The fraction of sp³-hybridized carbons (Fsp3) is 0.846. The summed E-state index contributed by atoms with van der Waals surface area (Å²) in [7, 11) is 0. The third-order valence-corrected chi connectivity index (χ3v) is 3.89. The molecule has 2 nitrogen and oxygen atoms in total. The van der Waals surface area contributed by atoms with Gasteiger partial charge in [0, 0.05) is 6.04 Å². The number of hydrogen-bond acceptors (Lipinski definition) is 2. The minimum atomic E-state index is -4.10. The number of nitrogens with two attached hydrogens (primary N) is 1. The number of hydrazine groups is 1. The van der Waals surface area contributed by atoms with E-state index in [4.69, 9.17) is 5.84 Å². The second-order valence-corrected chi connectivity index (χ2v) is 5.09. The Kier molecular flexibility index (Phi) is 6.15. The molecular formula is C13H23F3N2. The number of alkyl halides is 3. The van der Waals surface area contributed by atoms with E-state index < -0.39 is 12.1 Å². The molecule has 0 aromatic rings. The van der Waals surface area contributed by atoms with Crippen LogP contribution in [0.25, 0.3) is 0 Å². The first-order valence-corrected chi connectivity index (χ1v) is 6.64. The van der Waals surface area contributed by atoms with Crippen molar-refractivity contribution in [1.29, 1.82) is 0 Å². The molecule has 3 atom stereocenters. The monoisotopic (exact) mass is 264 g/mol. The molecule has 106 valence electrons. The van der Waals surface area contributed by atoms with Crippen LogP contribution in [0.5, 0.6) is 0 Å². The van der Waals surface area contributed by atoms with Gasteiger partial charge in [0.05, 0.1) is 5.92 Å². The van der Waals surface area contributed by atoms with E-state index in [1.807, 2.05) is 0 Å². The van der Waals surface area contributed by atoms with Crippen molar-refractivity contribution in [2.75, 3.05) is 0 Å². The smallest absolute Gasteiger partial charge is 0.271 e. The van der Waals surface area contributed by atoms with Crippen molar-refractivity contribution in [2.45, 2.75) is 57.2 Å². The molecule has 1 aliphatic rings. The first-order chi connectivity index (χ1) is 8.50. The molecule has 3 N–H and O–H groups in total. The number of rotatable bonds is 6. The fourth-order valence-electron chi connectivity index (χ4n) is 2.95. The normalized spacial score (nSPS) is 26.9. The number of hydrogen-bond donors (Lipinski definition) is 2. The summed E-state index contributed by atoms with van der Waals surface area (Å²) in [4.78, 5) is 0. The van der Waals surface area contributed by atoms with Gasteiger partial charge in [-0.2, -0.15) is 13.2 Å². The molecule has 18 heavy (non-hydrogen) atoms. The molecule has 0 aliphatic heterocycles. The van der Waals surface area contributed by atoms with Crippen LogP contribution in [0.15, 0.2) is 12.7 Å². The number of halogens is 3. The summed E-state index contributed by atoms with van der Waals surface area (Å²) >= 11 is 0. The third-order valence-electron chi connectivity index (χ3n) is 3.89. The lowest BCUT2D eigenvalue weighted by atomic mass is 9.74. The highest BCUT2D eigenvalue weighted by molar-refractivity contribution is 4.88. The fourth-order valence-corrected chi connectivity index (χ4v) is 2.95. The minimum absolute atomic E-state index is 0.239. The van der Waals surface area contributed by atoms with Crippen molar-refractivity contribution in [1.82, 2.24) is 5.43 Å². The third kappa shape index (κ3) is 4.28. The van der Waals surface area contributed by atoms with Gasteiger partial charge in [-0.1, -0.05) is 18.9 Å². The van der Waals surface area contributed by atoms with E-state index in [-0.39, 0.29) is 18.4 Å². The summed E-state index contributed by atoms with van der Waals surface area (Å²) in [5, 5.41) is 0. The second-order valence-electron chi connectivity index (χ2n) is 5.09. The van der Waals surface area contributed by atoms with Gasteiger partial charge < -0.3 is 0 Å². The van der Waals surface area contributed by atoms with Gasteiger partial charge in [-0.15, -0.1) is 6.58 Å². The lowest BCUT2D eigenvalue weighted by molar-refractivity contribution is -0.199. The van der Waals surface area contributed by atoms with Gasteiger partial charge in [-0.25, -0.2) is 0 Å². The van der Waals surface area contributed by atoms with E-state index in [1.54, 1.807) is 6.08 Å². The molecule has 0 bridgehead atoms. The second kappa shape index (κ2) is 7.14. The van der Waals surface area contributed by atoms with Crippen LogP contribution < -0.4 is 11.3 Å². The van der Waals surface area contributed by atoms with E-state index in [0.717, 1.165) is 19.3 Å². The Labute approximate surface area is 107 Å². The van der Waals surface area contributed by atoms with Crippen LogP contribution in [0.4, 0.5) is 13.2 Å². The molecule has 0 saturated heterocycles. The predicted molar refractivity (Wildman–Crippen MR) is 66.7 cm³/mol. The van der Waals surface area contributed by atoms with Crippen molar-refractivity contribution in [3.63, 3.8) is 0 Å². The van der Waals surface area contributed by atoms with Gasteiger partial charge in [0.2, 0.25) is 0 Å². The highest BCUT2D eigenvalue weighted by atomic mass is 19.4. The van der Waals surface area contributed by atoms with Crippen molar-refractivity contribution in [3.8, 4) is 0 Å². The Hall–Kier alpha value is -0.550. The van der Waals surface area contributed by atoms with Crippen molar-refractivity contribution >= 4 is 0 Å². The molecule has 1 rings (SSSR count). The van der Waals surface area contributed by atoms with Gasteiger partial charge in [0.15, 0.2) is 0 Å². The van der Waals surface area contributed by atoms with Gasteiger partial charge >= 0.3 is 6.18 Å². The molecule has 0 heterocycles. The van der Waals surface area contributed by atoms with Crippen molar-refractivity contribution in [2.24, 2.45) is 17.7 Å². The summed E-state index contributed by atoms with van der Waals surface area (Å²) in [6, 6.07) is -0.239. The maximum absolute atomic E-state index is 13.0. The molecule has 3 unspecified atom stereocenters. The van der Waals surface area contributed by atoms with Gasteiger partial charge in [0.25, 0.3) is 0 Å². The predicted octanol–water partition coefficient (Wildman–Crippen LogP) is 3.54. The van der Waals surface area contributed by atoms with Gasteiger partial charge in [-0.3, -0.25) is 11.3 Å². The van der Waals surface area contributed by atoms with Gasteiger partial charge in [-0.05, 0) is 38.0 Å². The van der Waals surface area contributed by atoms with Crippen LogP contribution in [-0.4, -0.2) is 12.2 Å². The highest BCUT2D eigenvalue weighted by Crippen LogP contribution is 2.43. The maximum atomic E-state index is 13.0. The Morgan fingerprint density at radius 2 is 2.00 bits per heavy atom. The highest BCUT2D eigenvalue weighted by Gasteiger charge is 2.47. The van der Waals surface area contributed by atoms with E-state index in [2.05, 4.69) is 12.0 Å². The van der Waals surface area contributed by atoms with Crippen LogP contribution in [0.3, 0.4) is 0 Å². The van der Waals surface area contributed by atoms with E-state index in [0.29, 0.717) is 19.3 Å². The van der Waals surface area contributed by atoms with Crippen molar-refractivity contribution < 1.29 is 13.2 Å². The molecule has 1 aliphatic carbocycles. The number of nitrogens with one attached hydrogen (secondary N) is 1. The van der Waals surface area contributed by atoms with Crippen LogP contribution >= 0.6 is 0 Å². The Bertz CT molecular complexity index is 253. The molecule has 1 fully saturated rings. The zero-order valence-electron chi connectivity index (χ0n) is 10.7. The largest absolute Gasteiger partial charge is 0.392 e. The minimum Gasteiger partial charge on any atom is -0.271 e. The van der Waals surface area contributed by atoms with Crippen LogP contribution in [-0.2, 0) is 0 Å². The van der Waals surface area contributed by atoms with Crippen LogP contribution in [0.2, 0.25) is 0 Å². The average molecular weight is 264 g/mol. The van der Waals surface area contributed by atoms with E-state index in [1.165, 1.54) is 0 Å².